The maximum Gasteiger partial charge on any atom is 0.419 e. The highest BCUT2D eigenvalue weighted by Gasteiger charge is 2.34. The van der Waals surface area contributed by atoms with Gasteiger partial charge in [-0.2, -0.15) is 13.2 Å². The summed E-state index contributed by atoms with van der Waals surface area (Å²) < 4.78 is 52.2. The molecule has 2 rings (SSSR count). The zero-order valence-electron chi connectivity index (χ0n) is 11.4. The van der Waals surface area contributed by atoms with Crippen molar-refractivity contribution in [3.05, 3.63) is 52.8 Å². The number of thioether (sulfide) groups is 1. The molecule has 0 amide bonds. The monoisotopic (exact) mass is 345 g/mol. The van der Waals surface area contributed by atoms with Gasteiger partial charge in [0.2, 0.25) is 0 Å². The van der Waals surface area contributed by atoms with E-state index in [-0.39, 0.29) is 5.56 Å². The molecule has 0 saturated heterocycles. The Hall–Kier alpha value is -1.60. The molecular weight excluding hydrogens is 334 g/mol. The van der Waals surface area contributed by atoms with Crippen LogP contribution in [-0.2, 0) is 6.18 Å². The van der Waals surface area contributed by atoms with E-state index in [9.17, 15) is 17.6 Å². The number of rotatable bonds is 3. The Morgan fingerprint density at radius 2 is 1.95 bits per heavy atom. The van der Waals surface area contributed by atoms with Gasteiger partial charge in [0.1, 0.15) is 5.82 Å². The third-order valence-corrected chi connectivity index (χ3v) is 3.67. The molecule has 1 N–H and O–H groups in total. The van der Waals surface area contributed by atoms with E-state index in [0.29, 0.717) is 5.69 Å². The molecule has 0 bridgehead atoms. The number of thiocarbonyl (C=S) groups is 1. The van der Waals surface area contributed by atoms with E-state index in [1.807, 2.05) is 0 Å². The summed E-state index contributed by atoms with van der Waals surface area (Å²) in [5.74, 6) is -1.28. The Balaban J connectivity index is 2.28. The smallest absolute Gasteiger partial charge is 0.355 e. The Morgan fingerprint density at radius 3 is 2.59 bits per heavy atom. The van der Waals surface area contributed by atoms with Crippen molar-refractivity contribution in [2.75, 3.05) is 0 Å². The van der Waals surface area contributed by atoms with Crippen molar-refractivity contribution in [2.24, 2.45) is 0 Å². The summed E-state index contributed by atoms with van der Waals surface area (Å²) in [7, 11) is 0. The summed E-state index contributed by atoms with van der Waals surface area (Å²) in [6.45, 7) is 1.79. The maximum atomic E-state index is 13.3. The molecule has 0 aliphatic carbocycles. The van der Waals surface area contributed by atoms with Crippen LogP contribution in [0.4, 0.5) is 17.6 Å². The second-order valence-corrected chi connectivity index (χ2v) is 6.42. The van der Waals surface area contributed by atoms with Gasteiger partial charge in [0.25, 0.3) is 0 Å². The predicted octanol–water partition coefficient (Wildman–Crippen LogP) is 5.89. The van der Waals surface area contributed by atoms with Gasteiger partial charge in [0.05, 0.1) is 5.56 Å². The van der Waals surface area contributed by atoms with Crippen LogP contribution in [0.15, 0.2) is 35.7 Å². The highest BCUT2D eigenvalue weighted by molar-refractivity contribution is 8.25. The molecular formula is C15H11F4NS2. The fourth-order valence-corrected chi connectivity index (χ4v) is 2.36. The van der Waals surface area contributed by atoms with E-state index in [4.69, 9.17) is 12.2 Å². The molecule has 0 aliphatic heterocycles. The molecule has 22 heavy (non-hydrogen) atoms. The van der Waals surface area contributed by atoms with Crippen molar-refractivity contribution in [2.45, 2.75) is 13.1 Å². The third-order valence-electron chi connectivity index (χ3n) is 2.77. The molecule has 116 valence electrons. The molecule has 0 unspecified atom stereocenters. The van der Waals surface area contributed by atoms with Gasteiger partial charge in [-0.3, -0.25) is 0 Å². The normalized spacial score (nSPS) is 12.0. The first-order chi connectivity index (χ1) is 10.3. The van der Waals surface area contributed by atoms with E-state index < -0.39 is 17.6 Å². The highest BCUT2D eigenvalue weighted by atomic mass is 32.2. The number of aromatic nitrogens is 1. The molecule has 1 aromatic carbocycles. The van der Waals surface area contributed by atoms with E-state index in [0.717, 1.165) is 22.0 Å². The van der Waals surface area contributed by atoms with Crippen molar-refractivity contribution in [3.8, 4) is 11.3 Å². The molecule has 1 heterocycles. The molecule has 1 nitrogen and oxygen atoms in total. The first-order valence-corrected chi connectivity index (χ1v) is 7.46. The first kappa shape index (κ1) is 16.8. The quantitative estimate of drug-likeness (QED) is 0.551. The van der Waals surface area contributed by atoms with Gasteiger partial charge in [-0.05, 0) is 54.3 Å². The van der Waals surface area contributed by atoms with Gasteiger partial charge < -0.3 is 4.98 Å². The summed E-state index contributed by atoms with van der Waals surface area (Å²) in [6, 6.07) is 6.29. The number of alkyl halides is 3. The van der Waals surface area contributed by atoms with Crippen molar-refractivity contribution < 1.29 is 17.6 Å². The number of benzene rings is 1. The standard InChI is InChI=1S/C15H11F4NS2/c1-9(21)22-7-6-11-3-5-14(20-11)10-2-4-13(16)12(8-10)15(17,18)19/h2-8,20H,1H3/b7-6+. The van der Waals surface area contributed by atoms with E-state index >= 15 is 0 Å². The summed E-state index contributed by atoms with van der Waals surface area (Å²) in [4.78, 5) is 2.97. The van der Waals surface area contributed by atoms with E-state index in [1.54, 1.807) is 30.5 Å². The fourth-order valence-electron chi connectivity index (χ4n) is 1.79. The lowest BCUT2D eigenvalue weighted by molar-refractivity contribution is -0.139. The predicted molar refractivity (Wildman–Crippen MR) is 86.1 cm³/mol. The number of hydrogen-bond donors (Lipinski definition) is 1. The van der Waals surface area contributed by atoms with Gasteiger partial charge in [-0.1, -0.05) is 24.0 Å². The highest BCUT2D eigenvalue weighted by Crippen LogP contribution is 2.34. The Bertz CT molecular complexity index is 717. The number of H-pyrrole nitrogens is 1. The van der Waals surface area contributed by atoms with Gasteiger partial charge in [0.15, 0.2) is 0 Å². The minimum absolute atomic E-state index is 0.270. The van der Waals surface area contributed by atoms with E-state index in [1.165, 1.54) is 17.8 Å². The van der Waals surface area contributed by atoms with Crippen molar-refractivity contribution in [1.82, 2.24) is 4.98 Å². The SMILES string of the molecule is CC(=S)S/C=C/c1ccc(-c2ccc(F)c(C(F)(F)F)c2)[nH]1. The minimum Gasteiger partial charge on any atom is -0.355 e. The Morgan fingerprint density at radius 1 is 1.23 bits per heavy atom. The van der Waals surface area contributed by atoms with Crippen LogP contribution in [0.1, 0.15) is 18.2 Å². The molecule has 0 aliphatic rings. The fraction of sp³-hybridized carbons (Fsp3) is 0.133. The zero-order valence-corrected chi connectivity index (χ0v) is 13.0. The molecule has 0 atom stereocenters. The molecule has 7 heteroatoms. The lowest BCUT2D eigenvalue weighted by atomic mass is 10.1. The first-order valence-electron chi connectivity index (χ1n) is 6.17. The lowest BCUT2D eigenvalue weighted by Gasteiger charge is -2.09. The van der Waals surface area contributed by atoms with Crippen LogP contribution in [-0.4, -0.2) is 9.18 Å². The molecule has 0 spiro atoms. The van der Waals surface area contributed by atoms with Crippen molar-refractivity contribution in [1.29, 1.82) is 0 Å². The van der Waals surface area contributed by atoms with Crippen LogP contribution in [0.2, 0.25) is 0 Å². The average molecular weight is 345 g/mol. The maximum absolute atomic E-state index is 13.3. The lowest BCUT2D eigenvalue weighted by Crippen LogP contribution is -2.08. The number of halogens is 4. The van der Waals surface area contributed by atoms with Gasteiger partial charge in [0, 0.05) is 15.6 Å². The van der Waals surface area contributed by atoms with Crippen LogP contribution in [0.25, 0.3) is 17.3 Å². The Labute approximate surface area is 134 Å². The van der Waals surface area contributed by atoms with Gasteiger partial charge >= 0.3 is 6.18 Å². The topological polar surface area (TPSA) is 15.8 Å². The minimum atomic E-state index is -4.72. The molecule has 0 saturated carbocycles. The largest absolute Gasteiger partial charge is 0.419 e. The van der Waals surface area contributed by atoms with Crippen molar-refractivity contribution >= 4 is 34.3 Å². The van der Waals surface area contributed by atoms with Crippen LogP contribution >= 0.6 is 24.0 Å². The average Bonchev–Trinajstić information content (AvgIpc) is 2.86. The zero-order chi connectivity index (χ0) is 16.3. The van der Waals surface area contributed by atoms with Crippen LogP contribution in [0.5, 0.6) is 0 Å². The van der Waals surface area contributed by atoms with Crippen molar-refractivity contribution in [3.63, 3.8) is 0 Å². The van der Waals surface area contributed by atoms with Crippen LogP contribution in [0.3, 0.4) is 0 Å². The number of hydrogen-bond acceptors (Lipinski definition) is 2. The second kappa shape index (κ2) is 6.66. The van der Waals surface area contributed by atoms with Crippen LogP contribution in [0, 0.1) is 5.82 Å². The Kier molecular flexibility index (Phi) is 5.08. The van der Waals surface area contributed by atoms with Gasteiger partial charge in [-0.25, -0.2) is 4.39 Å². The molecule has 0 fully saturated rings. The summed E-state index contributed by atoms with van der Waals surface area (Å²) >= 11 is 6.29. The second-order valence-electron chi connectivity index (χ2n) is 4.43. The summed E-state index contributed by atoms with van der Waals surface area (Å²) in [5, 5.41) is 1.78. The third kappa shape index (κ3) is 4.20. The number of nitrogens with one attached hydrogen (secondary N) is 1. The van der Waals surface area contributed by atoms with E-state index in [2.05, 4.69) is 4.98 Å². The molecule has 2 aromatic rings. The number of aromatic amines is 1. The molecule has 0 radical (unpaired) electrons. The van der Waals surface area contributed by atoms with Crippen LogP contribution < -0.4 is 0 Å². The summed E-state index contributed by atoms with van der Waals surface area (Å²) in [5.41, 5.74) is 0.196. The van der Waals surface area contributed by atoms with Gasteiger partial charge in [-0.15, -0.1) is 0 Å². The summed E-state index contributed by atoms with van der Waals surface area (Å²) in [6.07, 6.45) is -2.96. The molecule has 1 aromatic heterocycles.